The fraction of sp³-hybridized carbons (Fsp3) is 0.375. The van der Waals surface area contributed by atoms with Crippen LogP contribution in [-0.2, 0) is 19.2 Å². The van der Waals surface area contributed by atoms with E-state index in [0.29, 0.717) is 4.90 Å². The molecule has 0 bridgehead atoms. The molecule has 0 aromatic heterocycles. The zero-order valence-corrected chi connectivity index (χ0v) is 9.27. The standard InChI is InChI=1S/C8H6N6O5/c15-3-9-1-11-8(19)14(2-10-4-16)7(12-5-17)13-6-18/h7H,1-2H2,(H,11,19). The molecule has 0 fully saturated rings. The average Bonchev–Trinajstić information content (AvgIpc) is 2.40. The zero-order chi connectivity index (χ0) is 14.5. The number of hydrogen-bond donors (Lipinski definition) is 1. The molecule has 11 heteroatoms. The van der Waals surface area contributed by atoms with E-state index in [1.54, 1.807) is 0 Å². The van der Waals surface area contributed by atoms with Crippen LogP contribution in [0, 0.1) is 0 Å². The summed E-state index contributed by atoms with van der Waals surface area (Å²) >= 11 is 0. The second-order valence-electron chi connectivity index (χ2n) is 2.54. The summed E-state index contributed by atoms with van der Waals surface area (Å²) in [5.74, 6) is 0. The number of urea groups is 1. The normalized spacial score (nSPS) is 9.47. The van der Waals surface area contributed by atoms with Crippen LogP contribution in [0.25, 0.3) is 0 Å². The van der Waals surface area contributed by atoms with Gasteiger partial charge in [0.05, 0.1) is 0 Å². The van der Waals surface area contributed by atoms with E-state index in [1.165, 1.54) is 6.08 Å². The quantitative estimate of drug-likeness (QED) is 0.441. The molecule has 0 atom stereocenters. The lowest BCUT2D eigenvalue weighted by atomic mass is 10.6. The Balaban J connectivity index is 5.08. The first-order valence-corrected chi connectivity index (χ1v) is 4.47. The van der Waals surface area contributed by atoms with Gasteiger partial charge in [-0.25, -0.2) is 24.0 Å². The number of carbonyl (C=O) groups is 1. The fourth-order valence-electron chi connectivity index (χ4n) is 0.851. The molecule has 0 heterocycles. The molecule has 0 aromatic carbocycles. The molecule has 0 aromatic rings. The first-order chi connectivity index (χ1) is 9.21. The van der Waals surface area contributed by atoms with Gasteiger partial charge in [-0.05, 0) is 0 Å². The Labute approximate surface area is 105 Å². The van der Waals surface area contributed by atoms with E-state index in [-0.39, 0.29) is 0 Å². The van der Waals surface area contributed by atoms with Crippen molar-refractivity contribution in [1.29, 1.82) is 0 Å². The molecule has 0 rings (SSSR count). The number of aliphatic imine (C=N–C) groups is 4. The maximum absolute atomic E-state index is 11.6. The van der Waals surface area contributed by atoms with Gasteiger partial charge in [0.1, 0.15) is 13.3 Å². The van der Waals surface area contributed by atoms with Gasteiger partial charge in [0, 0.05) is 0 Å². The average molecular weight is 266 g/mol. The summed E-state index contributed by atoms with van der Waals surface area (Å²) in [5, 5.41) is 2.08. The summed E-state index contributed by atoms with van der Waals surface area (Å²) < 4.78 is 0. The molecule has 0 radical (unpaired) electrons. The van der Waals surface area contributed by atoms with Gasteiger partial charge >= 0.3 is 6.03 Å². The van der Waals surface area contributed by atoms with Crippen LogP contribution in [0.1, 0.15) is 0 Å². The molecular weight excluding hydrogens is 260 g/mol. The number of amides is 2. The molecule has 0 saturated heterocycles. The van der Waals surface area contributed by atoms with E-state index in [4.69, 9.17) is 0 Å². The Morgan fingerprint density at radius 3 is 2.05 bits per heavy atom. The lowest BCUT2D eigenvalue weighted by Gasteiger charge is -2.21. The highest BCUT2D eigenvalue weighted by Crippen LogP contribution is 2.02. The fourth-order valence-corrected chi connectivity index (χ4v) is 0.851. The predicted octanol–water partition coefficient (Wildman–Crippen LogP) is -1.46. The summed E-state index contributed by atoms with van der Waals surface area (Å²) in [5.41, 5.74) is 0. The Morgan fingerprint density at radius 1 is 1.00 bits per heavy atom. The third kappa shape index (κ3) is 6.18. The van der Waals surface area contributed by atoms with Gasteiger partial charge in [-0.15, -0.1) is 0 Å². The van der Waals surface area contributed by atoms with Gasteiger partial charge in [0.15, 0.2) is 0 Å². The highest BCUT2D eigenvalue weighted by Gasteiger charge is 2.22. The van der Waals surface area contributed by atoms with Crippen molar-refractivity contribution in [3.63, 3.8) is 0 Å². The van der Waals surface area contributed by atoms with Gasteiger partial charge < -0.3 is 5.32 Å². The molecule has 19 heavy (non-hydrogen) atoms. The van der Waals surface area contributed by atoms with Crippen LogP contribution in [-0.4, -0.2) is 54.9 Å². The largest absolute Gasteiger partial charge is 0.323 e. The SMILES string of the molecule is O=C=NCNC(=O)N(CN=C=O)C(N=C=O)N=C=O. The first kappa shape index (κ1) is 15.8. The number of nitrogens with zero attached hydrogens (tertiary/aromatic N) is 5. The summed E-state index contributed by atoms with van der Waals surface area (Å²) in [6.45, 7) is -0.993. The van der Waals surface area contributed by atoms with Crippen molar-refractivity contribution in [2.75, 3.05) is 13.3 Å². The molecule has 1 N–H and O–H groups in total. The molecule has 0 saturated carbocycles. The van der Waals surface area contributed by atoms with Gasteiger partial charge in [-0.2, -0.15) is 20.0 Å². The van der Waals surface area contributed by atoms with Crippen LogP contribution < -0.4 is 5.32 Å². The Morgan fingerprint density at radius 2 is 1.58 bits per heavy atom. The Hall–Kier alpha value is -3.21. The Kier molecular flexibility index (Phi) is 8.29. The van der Waals surface area contributed by atoms with Crippen molar-refractivity contribution in [3.8, 4) is 0 Å². The molecule has 2 amide bonds. The molecule has 0 aliphatic heterocycles. The number of nitrogens with one attached hydrogen (secondary N) is 1. The minimum absolute atomic E-state index is 0.411. The van der Waals surface area contributed by atoms with Crippen molar-refractivity contribution in [3.05, 3.63) is 0 Å². The number of carbonyl (C=O) groups excluding carboxylic acids is 5. The van der Waals surface area contributed by atoms with Crippen molar-refractivity contribution in [2.45, 2.75) is 6.29 Å². The van der Waals surface area contributed by atoms with Crippen LogP contribution in [0.4, 0.5) is 4.79 Å². The first-order valence-electron chi connectivity index (χ1n) is 4.47. The third-order valence-corrected chi connectivity index (χ3v) is 1.54. The van der Waals surface area contributed by atoms with Crippen LogP contribution in [0.15, 0.2) is 20.0 Å². The van der Waals surface area contributed by atoms with E-state index < -0.39 is 25.7 Å². The van der Waals surface area contributed by atoms with Crippen LogP contribution in [0.2, 0.25) is 0 Å². The van der Waals surface area contributed by atoms with Crippen molar-refractivity contribution < 1.29 is 24.0 Å². The molecule has 0 spiro atoms. The summed E-state index contributed by atoms with van der Waals surface area (Å²) in [4.78, 5) is 64.5. The summed E-state index contributed by atoms with van der Waals surface area (Å²) in [6, 6.07) is -0.944. The molecule has 11 nitrogen and oxygen atoms in total. The van der Waals surface area contributed by atoms with Gasteiger partial charge in [0.2, 0.25) is 30.6 Å². The highest BCUT2D eigenvalue weighted by atomic mass is 16.2. The van der Waals surface area contributed by atoms with Gasteiger partial charge in [-0.3, -0.25) is 4.90 Å². The lowest BCUT2D eigenvalue weighted by Crippen LogP contribution is -2.45. The minimum Gasteiger partial charge on any atom is -0.318 e. The number of rotatable bonds is 7. The third-order valence-electron chi connectivity index (χ3n) is 1.54. The van der Waals surface area contributed by atoms with Crippen LogP contribution in [0.3, 0.4) is 0 Å². The smallest absolute Gasteiger partial charge is 0.318 e. The molecule has 0 aliphatic carbocycles. The van der Waals surface area contributed by atoms with Gasteiger partial charge in [-0.1, -0.05) is 0 Å². The van der Waals surface area contributed by atoms with E-state index in [2.05, 4.69) is 25.3 Å². The van der Waals surface area contributed by atoms with Gasteiger partial charge in [0.25, 0.3) is 0 Å². The predicted molar refractivity (Wildman–Crippen MR) is 56.4 cm³/mol. The summed E-state index contributed by atoms with van der Waals surface area (Å²) in [6.07, 6.45) is 2.90. The topological polar surface area (TPSA) is 150 Å². The van der Waals surface area contributed by atoms with Crippen molar-refractivity contribution in [1.82, 2.24) is 10.2 Å². The maximum Gasteiger partial charge on any atom is 0.323 e. The van der Waals surface area contributed by atoms with Crippen molar-refractivity contribution >= 4 is 30.4 Å². The zero-order valence-electron chi connectivity index (χ0n) is 9.27. The molecule has 0 aliphatic rings. The van der Waals surface area contributed by atoms with Crippen LogP contribution >= 0.6 is 0 Å². The number of hydrogen-bond acceptors (Lipinski definition) is 9. The Bertz CT molecular complexity index is 490. The summed E-state index contributed by atoms with van der Waals surface area (Å²) in [7, 11) is 0. The maximum atomic E-state index is 11.6. The highest BCUT2D eigenvalue weighted by molar-refractivity contribution is 5.74. The van der Waals surface area contributed by atoms with E-state index in [9.17, 15) is 24.0 Å². The van der Waals surface area contributed by atoms with E-state index in [1.807, 2.05) is 0 Å². The molecular formula is C8H6N6O5. The van der Waals surface area contributed by atoms with Crippen LogP contribution in [0.5, 0.6) is 0 Å². The van der Waals surface area contributed by atoms with E-state index >= 15 is 0 Å². The van der Waals surface area contributed by atoms with E-state index in [0.717, 1.165) is 18.2 Å². The second-order valence-corrected chi connectivity index (χ2v) is 2.54. The molecule has 0 unspecified atom stereocenters. The number of isocyanates is 4. The van der Waals surface area contributed by atoms with Crippen molar-refractivity contribution in [2.24, 2.45) is 20.0 Å². The monoisotopic (exact) mass is 266 g/mol. The minimum atomic E-state index is -1.59. The molecule has 98 valence electrons. The lowest BCUT2D eigenvalue weighted by molar-refractivity contribution is 0.181. The second kappa shape index (κ2) is 9.98.